The van der Waals surface area contributed by atoms with Crippen LogP contribution in [0.1, 0.15) is 26.2 Å². The first-order valence-corrected chi connectivity index (χ1v) is 8.38. The number of amides is 1. The third-order valence-electron chi connectivity index (χ3n) is 2.89. The van der Waals surface area contributed by atoms with E-state index in [2.05, 4.69) is 17.0 Å². The minimum atomic E-state index is -3.68. The fourth-order valence-electron chi connectivity index (χ4n) is 1.66. The van der Waals surface area contributed by atoms with Crippen LogP contribution in [-0.2, 0) is 14.8 Å². The van der Waals surface area contributed by atoms with Gasteiger partial charge in [-0.05, 0) is 30.7 Å². The summed E-state index contributed by atoms with van der Waals surface area (Å²) in [5, 5.41) is 2.67. The zero-order valence-corrected chi connectivity index (χ0v) is 13.2. The number of unbranched alkanes of at least 4 members (excludes halogenated alkanes) is 2. The summed E-state index contributed by atoms with van der Waals surface area (Å²) in [4.78, 5) is 11.6. The Hall–Kier alpha value is -1.60. The van der Waals surface area contributed by atoms with Gasteiger partial charge in [0.2, 0.25) is 15.9 Å². The molecule has 1 aromatic rings. The lowest BCUT2D eigenvalue weighted by Crippen LogP contribution is -2.37. The SMILES string of the molecule is CCCCCNC(=O)CNS(=O)(=O)c1ccc(OC)cc1. The first-order valence-electron chi connectivity index (χ1n) is 6.90. The van der Waals surface area contributed by atoms with E-state index < -0.39 is 10.0 Å². The van der Waals surface area contributed by atoms with Crippen molar-refractivity contribution >= 4 is 15.9 Å². The third kappa shape index (κ3) is 6.14. The normalized spacial score (nSPS) is 11.1. The summed E-state index contributed by atoms with van der Waals surface area (Å²) in [5.41, 5.74) is 0. The molecule has 0 radical (unpaired) electrons. The summed E-state index contributed by atoms with van der Waals surface area (Å²) >= 11 is 0. The van der Waals surface area contributed by atoms with Gasteiger partial charge < -0.3 is 10.1 Å². The largest absolute Gasteiger partial charge is 0.497 e. The van der Waals surface area contributed by atoms with Gasteiger partial charge in [0.15, 0.2) is 0 Å². The van der Waals surface area contributed by atoms with Gasteiger partial charge in [0.1, 0.15) is 5.75 Å². The van der Waals surface area contributed by atoms with Crippen molar-refractivity contribution in [1.82, 2.24) is 10.0 Å². The van der Waals surface area contributed by atoms with Crippen molar-refractivity contribution in [3.63, 3.8) is 0 Å². The molecular formula is C14H22N2O4S. The minimum absolute atomic E-state index is 0.0992. The predicted molar refractivity (Wildman–Crippen MR) is 80.7 cm³/mol. The molecule has 1 amide bonds. The zero-order valence-electron chi connectivity index (χ0n) is 12.4. The van der Waals surface area contributed by atoms with E-state index in [0.717, 1.165) is 19.3 Å². The van der Waals surface area contributed by atoms with E-state index >= 15 is 0 Å². The molecule has 7 heteroatoms. The monoisotopic (exact) mass is 314 g/mol. The Balaban J connectivity index is 2.46. The van der Waals surface area contributed by atoms with E-state index in [-0.39, 0.29) is 17.3 Å². The second-order valence-electron chi connectivity index (χ2n) is 4.56. The molecule has 6 nitrogen and oxygen atoms in total. The fraction of sp³-hybridized carbons (Fsp3) is 0.500. The maximum Gasteiger partial charge on any atom is 0.241 e. The summed E-state index contributed by atoms with van der Waals surface area (Å²) in [5.74, 6) is 0.241. The average Bonchev–Trinajstić information content (AvgIpc) is 2.50. The smallest absolute Gasteiger partial charge is 0.241 e. The van der Waals surface area contributed by atoms with Crippen LogP contribution in [0.2, 0.25) is 0 Å². The number of carbonyl (C=O) groups is 1. The van der Waals surface area contributed by atoms with Gasteiger partial charge in [-0.3, -0.25) is 4.79 Å². The number of rotatable bonds is 9. The lowest BCUT2D eigenvalue weighted by molar-refractivity contribution is -0.119. The molecule has 0 aliphatic carbocycles. The zero-order chi connectivity index (χ0) is 15.7. The van der Waals surface area contributed by atoms with Crippen LogP contribution in [0.3, 0.4) is 0 Å². The maximum atomic E-state index is 12.0. The summed E-state index contributed by atoms with van der Waals surface area (Å²) in [6.07, 6.45) is 3.01. The summed E-state index contributed by atoms with van der Waals surface area (Å²) < 4.78 is 31.2. The Labute approximate surface area is 125 Å². The van der Waals surface area contributed by atoms with Gasteiger partial charge in [0.05, 0.1) is 18.6 Å². The molecule has 0 saturated carbocycles. The molecule has 0 heterocycles. The summed E-state index contributed by atoms with van der Waals surface area (Å²) in [6, 6.07) is 5.97. The molecule has 0 aromatic heterocycles. The van der Waals surface area contributed by atoms with Crippen molar-refractivity contribution in [2.24, 2.45) is 0 Å². The Morgan fingerprint density at radius 1 is 1.19 bits per heavy atom. The molecule has 2 N–H and O–H groups in total. The first-order chi connectivity index (χ1) is 9.99. The molecule has 1 rings (SSSR count). The Morgan fingerprint density at radius 2 is 1.86 bits per heavy atom. The van der Waals surface area contributed by atoms with Crippen LogP contribution in [0.5, 0.6) is 5.75 Å². The third-order valence-corrected chi connectivity index (χ3v) is 4.31. The Bertz CT molecular complexity index is 541. The van der Waals surface area contributed by atoms with E-state index in [9.17, 15) is 13.2 Å². The van der Waals surface area contributed by atoms with Crippen molar-refractivity contribution < 1.29 is 17.9 Å². The number of hydrogen-bond acceptors (Lipinski definition) is 4. The van der Waals surface area contributed by atoms with Crippen molar-refractivity contribution in [1.29, 1.82) is 0 Å². The number of carbonyl (C=O) groups excluding carboxylic acids is 1. The second-order valence-corrected chi connectivity index (χ2v) is 6.32. The van der Waals surface area contributed by atoms with Crippen molar-refractivity contribution in [3.8, 4) is 5.75 Å². The Kier molecular flexibility index (Phi) is 7.18. The van der Waals surface area contributed by atoms with E-state index in [1.165, 1.54) is 19.2 Å². The van der Waals surface area contributed by atoms with Crippen molar-refractivity contribution in [2.75, 3.05) is 20.2 Å². The van der Waals surface area contributed by atoms with E-state index in [0.29, 0.717) is 12.3 Å². The van der Waals surface area contributed by atoms with Gasteiger partial charge >= 0.3 is 0 Å². The van der Waals surface area contributed by atoms with Crippen LogP contribution in [0.25, 0.3) is 0 Å². The molecule has 0 aliphatic heterocycles. The highest BCUT2D eigenvalue weighted by molar-refractivity contribution is 7.89. The molecule has 0 bridgehead atoms. The van der Waals surface area contributed by atoms with Gasteiger partial charge in [-0.25, -0.2) is 13.1 Å². The molecule has 118 valence electrons. The van der Waals surface area contributed by atoms with Gasteiger partial charge in [-0.1, -0.05) is 19.8 Å². The molecule has 0 aliphatic rings. The molecule has 0 saturated heterocycles. The number of benzene rings is 1. The molecule has 1 aromatic carbocycles. The van der Waals surface area contributed by atoms with E-state index in [1.54, 1.807) is 12.1 Å². The number of nitrogens with one attached hydrogen (secondary N) is 2. The first kappa shape index (κ1) is 17.5. The number of methoxy groups -OCH3 is 1. The van der Waals surface area contributed by atoms with Gasteiger partial charge in [0.25, 0.3) is 0 Å². The van der Waals surface area contributed by atoms with E-state index in [1.807, 2.05) is 0 Å². The highest BCUT2D eigenvalue weighted by atomic mass is 32.2. The molecular weight excluding hydrogens is 292 g/mol. The molecule has 0 atom stereocenters. The fourth-order valence-corrected chi connectivity index (χ4v) is 2.65. The molecule has 21 heavy (non-hydrogen) atoms. The lowest BCUT2D eigenvalue weighted by Gasteiger charge is -2.08. The van der Waals surface area contributed by atoms with Gasteiger partial charge in [-0.15, -0.1) is 0 Å². The summed E-state index contributed by atoms with van der Waals surface area (Å²) in [6.45, 7) is 2.38. The van der Waals surface area contributed by atoms with Crippen LogP contribution in [0.15, 0.2) is 29.2 Å². The van der Waals surface area contributed by atoms with Gasteiger partial charge in [-0.2, -0.15) is 0 Å². The minimum Gasteiger partial charge on any atom is -0.497 e. The van der Waals surface area contributed by atoms with Crippen molar-refractivity contribution in [3.05, 3.63) is 24.3 Å². The highest BCUT2D eigenvalue weighted by Gasteiger charge is 2.15. The van der Waals surface area contributed by atoms with Crippen molar-refractivity contribution in [2.45, 2.75) is 31.1 Å². The predicted octanol–water partition coefficient (Wildman–Crippen LogP) is 1.28. The molecule has 0 fully saturated rings. The number of sulfonamides is 1. The Morgan fingerprint density at radius 3 is 2.43 bits per heavy atom. The molecule has 0 unspecified atom stereocenters. The lowest BCUT2D eigenvalue weighted by atomic mass is 10.2. The maximum absolute atomic E-state index is 12.0. The highest BCUT2D eigenvalue weighted by Crippen LogP contribution is 2.14. The van der Waals surface area contributed by atoms with Crippen LogP contribution < -0.4 is 14.8 Å². The second kappa shape index (κ2) is 8.63. The van der Waals surface area contributed by atoms with Crippen LogP contribution >= 0.6 is 0 Å². The van der Waals surface area contributed by atoms with Crippen LogP contribution in [0.4, 0.5) is 0 Å². The van der Waals surface area contributed by atoms with Crippen LogP contribution in [0, 0.1) is 0 Å². The summed E-state index contributed by atoms with van der Waals surface area (Å²) in [7, 11) is -2.18. The number of ether oxygens (including phenoxy) is 1. The average molecular weight is 314 g/mol. The number of hydrogen-bond donors (Lipinski definition) is 2. The topological polar surface area (TPSA) is 84.5 Å². The van der Waals surface area contributed by atoms with Gasteiger partial charge in [0, 0.05) is 6.54 Å². The van der Waals surface area contributed by atoms with E-state index in [4.69, 9.17) is 4.74 Å². The quantitative estimate of drug-likeness (QED) is 0.673. The van der Waals surface area contributed by atoms with Crippen LogP contribution in [-0.4, -0.2) is 34.5 Å². The standard InChI is InChI=1S/C14H22N2O4S/c1-3-4-5-10-15-14(17)11-16-21(18,19)13-8-6-12(20-2)7-9-13/h6-9,16H,3-5,10-11H2,1-2H3,(H,15,17). The molecule has 0 spiro atoms.